The van der Waals surface area contributed by atoms with Gasteiger partial charge in [0.05, 0.1) is 21.5 Å². The molecule has 1 fully saturated rings. The van der Waals surface area contributed by atoms with Crippen molar-refractivity contribution >= 4 is 39.2 Å². The molecule has 1 aromatic carbocycles. The molecule has 1 amide bonds. The molecule has 0 saturated carbocycles. The van der Waals surface area contributed by atoms with Crippen LogP contribution in [0.3, 0.4) is 0 Å². The van der Waals surface area contributed by atoms with Crippen molar-refractivity contribution in [2.45, 2.75) is 24.7 Å². The maximum atomic E-state index is 12.6. The van der Waals surface area contributed by atoms with E-state index >= 15 is 0 Å². The van der Waals surface area contributed by atoms with Gasteiger partial charge >= 0.3 is 5.97 Å². The molecule has 0 radical (unpaired) electrons. The Morgan fingerprint density at radius 3 is 2.65 bits per heavy atom. The number of amides is 1. The van der Waals surface area contributed by atoms with Gasteiger partial charge in [-0.05, 0) is 31.0 Å². The molecule has 1 aliphatic rings. The number of aliphatic carboxylic acids is 1. The Balaban J connectivity index is 2.27. The molecule has 1 aliphatic heterocycles. The van der Waals surface area contributed by atoms with Crippen molar-refractivity contribution in [3.63, 3.8) is 0 Å². The molecule has 7 nitrogen and oxygen atoms in total. The van der Waals surface area contributed by atoms with E-state index in [0.29, 0.717) is 18.5 Å². The highest BCUT2D eigenvalue weighted by atomic mass is 35.5. The first kappa shape index (κ1) is 17.7. The lowest BCUT2D eigenvalue weighted by Crippen LogP contribution is -2.42. The predicted octanol–water partition coefficient (Wildman–Crippen LogP) is 1.78. The standard InChI is InChI=1S/C14H17ClN2O5S/c1-9(18)16-13-5-4-11(7-12(13)15)23(21,22)17-6-2-3-10(8-17)14(19)20/h4-5,7,10H,2-3,6,8H2,1H3,(H,16,18)(H,19,20). The number of hydrogen-bond donors (Lipinski definition) is 2. The van der Waals surface area contributed by atoms with Gasteiger partial charge in [-0.3, -0.25) is 9.59 Å². The number of carboxylic acid groups (broad SMARTS) is 1. The number of benzene rings is 1. The summed E-state index contributed by atoms with van der Waals surface area (Å²) in [7, 11) is -3.82. The smallest absolute Gasteiger partial charge is 0.307 e. The minimum absolute atomic E-state index is 0.0253. The van der Waals surface area contributed by atoms with Crippen LogP contribution in [0.5, 0.6) is 0 Å². The van der Waals surface area contributed by atoms with Gasteiger partial charge in [0, 0.05) is 20.0 Å². The second-order valence-electron chi connectivity index (χ2n) is 5.36. The second kappa shape index (κ2) is 6.86. The van der Waals surface area contributed by atoms with Crippen LogP contribution >= 0.6 is 11.6 Å². The van der Waals surface area contributed by atoms with E-state index in [4.69, 9.17) is 16.7 Å². The summed E-state index contributed by atoms with van der Waals surface area (Å²) in [6.45, 7) is 1.54. The van der Waals surface area contributed by atoms with Crippen molar-refractivity contribution in [3.8, 4) is 0 Å². The summed E-state index contributed by atoms with van der Waals surface area (Å²) in [6, 6.07) is 4.01. The first-order valence-corrected chi connectivity index (χ1v) is 8.83. The summed E-state index contributed by atoms with van der Waals surface area (Å²) in [5, 5.41) is 11.7. The molecule has 9 heteroatoms. The molecule has 0 bridgehead atoms. The molecule has 0 spiro atoms. The van der Waals surface area contributed by atoms with Crippen molar-refractivity contribution in [1.29, 1.82) is 0 Å². The zero-order valence-corrected chi connectivity index (χ0v) is 14.0. The molecule has 1 unspecified atom stereocenters. The highest BCUT2D eigenvalue weighted by molar-refractivity contribution is 7.89. The first-order valence-electron chi connectivity index (χ1n) is 7.02. The van der Waals surface area contributed by atoms with Gasteiger partial charge in [-0.25, -0.2) is 8.42 Å². The van der Waals surface area contributed by atoms with Crippen molar-refractivity contribution in [1.82, 2.24) is 4.31 Å². The molecule has 1 atom stereocenters. The van der Waals surface area contributed by atoms with Gasteiger partial charge in [0.1, 0.15) is 0 Å². The molecule has 23 heavy (non-hydrogen) atoms. The fourth-order valence-electron chi connectivity index (χ4n) is 2.46. The maximum Gasteiger partial charge on any atom is 0.307 e. The van der Waals surface area contributed by atoms with Crippen LogP contribution < -0.4 is 5.32 Å². The average molecular weight is 361 g/mol. The molecular formula is C14H17ClN2O5S. The number of hydrogen-bond acceptors (Lipinski definition) is 4. The lowest BCUT2D eigenvalue weighted by molar-refractivity contribution is -0.142. The Morgan fingerprint density at radius 1 is 1.39 bits per heavy atom. The van der Waals surface area contributed by atoms with Gasteiger partial charge in [0.2, 0.25) is 15.9 Å². The van der Waals surface area contributed by atoms with Crippen molar-refractivity contribution < 1.29 is 23.1 Å². The Labute approximate surface area is 139 Å². The summed E-state index contributed by atoms with van der Waals surface area (Å²) in [4.78, 5) is 22.1. The van der Waals surface area contributed by atoms with Gasteiger partial charge in [-0.2, -0.15) is 4.31 Å². The summed E-state index contributed by atoms with van der Waals surface area (Å²) < 4.78 is 26.4. The number of nitrogens with one attached hydrogen (secondary N) is 1. The van der Waals surface area contributed by atoms with Crippen LogP contribution in [-0.2, 0) is 19.6 Å². The Kier molecular flexibility index (Phi) is 5.28. The van der Waals surface area contributed by atoms with E-state index in [1.54, 1.807) is 0 Å². The Hall–Kier alpha value is -1.64. The van der Waals surface area contributed by atoms with Gasteiger partial charge in [0.15, 0.2) is 0 Å². The lowest BCUT2D eigenvalue weighted by Gasteiger charge is -2.29. The van der Waals surface area contributed by atoms with Crippen LogP contribution in [-0.4, -0.2) is 42.8 Å². The molecule has 1 heterocycles. The van der Waals surface area contributed by atoms with Crippen LogP contribution in [0.25, 0.3) is 0 Å². The Morgan fingerprint density at radius 2 is 2.09 bits per heavy atom. The minimum atomic E-state index is -3.82. The van der Waals surface area contributed by atoms with E-state index in [2.05, 4.69) is 5.32 Å². The number of sulfonamides is 1. The van der Waals surface area contributed by atoms with E-state index in [0.717, 1.165) is 0 Å². The van der Waals surface area contributed by atoms with Crippen molar-refractivity contribution in [2.24, 2.45) is 5.92 Å². The number of rotatable bonds is 4. The van der Waals surface area contributed by atoms with E-state index in [9.17, 15) is 18.0 Å². The number of halogens is 1. The molecule has 2 rings (SSSR count). The van der Waals surface area contributed by atoms with E-state index in [1.807, 2.05) is 0 Å². The SMILES string of the molecule is CC(=O)Nc1ccc(S(=O)(=O)N2CCCC(C(=O)O)C2)cc1Cl. The maximum absolute atomic E-state index is 12.6. The highest BCUT2D eigenvalue weighted by Gasteiger charge is 2.33. The monoisotopic (exact) mass is 360 g/mol. The number of anilines is 1. The largest absolute Gasteiger partial charge is 0.481 e. The lowest BCUT2D eigenvalue weighted by atomic mass is 10.0. The highest BCUT2D eigenvalue weighted by Crippen LogP contribution is 2.29. The van der Waals surface area contributed by atoms with Crippen LogP contribution in [0.2, 0.25) is 5.02 Å². The van der Waals surface area contributed by atoms with Crippen LogP contribution in [0.4, 0.5) is 5.69 Å². The van der Waals surface area contributed by atoms with E-state index < -0.39 is 21.9 Å². The molecular weight excluding hydrogens is 344 g/mol. The summed E-state index contributed by atoms with van der Waals surface area (Å²) >= 11 is 6.01. The van der Waals surface area contributed by atoms with E-state index in [-0.39, 0.29) is 28.9 Å². The van der Waals surface area contributed by atoms with Gasteiger partial charge in [0.25, 0.3) is 0 Å². The van der Waals surface area contributed by atoms with Crippen molar-refractivity contribution in [3.05, 3.63) is 23.2 Å². The van der Waals surface area contributed by atoms with E-state index in [1.165, 1.54) is 29.4 Å². The minimum Gasteiger partial charge on any atom is -0.481 e. The van der Waals surface area contributed by atoms with Crippen LogP contribution in [0, 0.1) is 5.92 Å². The fourth-order valence-corrected chi connectivity index (χ4v) is 4.30. The van der Waals surface area contributed by atoms with Crippen LogP contribution in [0.15, 0.2) is 23.1 Å². The topological polar surface area (TPSA) is 104 Å². The molecule has 2 N–H and O–H groups in total. The number of carboxylic acids is 1. The Bertz CT molecular complexity index is 735. The summed E-state index contributed by atoms with van der Waals surface area (Å²) in [5.41, 5.74) is 0.320. The number of carbonyl (C=O) groups is 2. The zero-order valence-electron chi connectivity index (χ0n) is 12.5. The summed E-state index contributed by atoms with van der Waals surface area (Å²) in [6.07, 6.45) is 0.956. The second-order valence-corrected chi connectivity index (χ2v) is 7.71. The number of piperidine rings is 1. The van der Waals surface area contributed by atoms with Gasteiger partial charge < -0.3 is 10.4 Å². The molecule has 0 aromatic heterocycles. The predicted molar refractivity (Wildman–Crippen MR) is 84.9 cm³/mol. The van der Waals surface area contributed by atoms with Crippen LogP contribution in [0.1, 0.15) is 19.8 Å². The first-order chi connectivity index (χ1) is 10.7. The zero-order chi connectivity index (χ0) is 17.2. The third-order valence-corrected chi connectivity index (χ3v) is 5.80. The number of carbonyl (C=O) groups excluding carboxylic acids is 1. The normalized spacial score (nSPS) is 19.3. The molecule has 1 saturated heterocycles. The molecule has 0 aliphatic carbocycles. The molecule has 126 valence electrons. The fraction of sp³-hybridized carbons (Fsp3) is 0.429. The average Bonchev–Trinajstić information content (AvgIpc) is 2.49. The number of nitrogens with zero attached hydrogens (tertiary/aromatic N) is 1. The summed E-state index contributed by atoms with van der Waals surface area (Å²) in [5.74, 6) is -2.01. The molecule has 1 aromatic rings. The van der Waals surface area contributed by atoms with Crippen molar-refractivity contribution in [2.75, 3.05) is 18.4 Å². The van der Waals surface area contributed by atoms with Gasteiger partial charge in [-0.15, -0.1) is 0 Å². The third-order valence-electron chi connectivity index (χ3n) is 3.62. The quantitative estimate of drug-likeness (QED) is 0.851. The van der Waals surface area contributed by atoms with Gasteiger partial charge in [-0.1, -0.05) is 11.6 Å². The third kappa shape index (κ3) is 4.01.